The summed E-state index contributed by atoms with van der Waals surface area (Å²) in [4.78, 5) is 10.9. The molecule has 3 rings (SSSR count). The summed E-state index contributed by atoms with van der Waals surface area (Å²) in [5.74, 6) is -1.07. The zero-order chi connectivity index (χ0) is 16.6. The highest BCUT2D eigenvalue weighted by Crippen LogP contribution is 2.32. The highest BCUT2D eigenvalue weighted by atomic mass is 19.4. The second-order valence-electron chi connectivity index (χ2n) is 5.06. The fourth-order valence-corrected chi connectivity index (χ4v) is 2.40. The van der Waals surface area contributed by atoms with Crippen molar-refractivity contribution in [2.24, 2.45) is 0 Å². The number of carboxylic acid groups (broad SMARTS) is 1. The van der Waals surface area contributed by atoms with Crippen LogP contribution in [0.5, 0.6) is 0 Å². The number of aromatic nitrogens is 2. The molecule has 4 nitrogen and oxygen atoms in total. The number of halogens is 3. The maximum absolute atomic E-state index is 13.0. The number of fused-ring (bicyclic) bond motifs is 1. The quantitative estimate of drug-likeness (QED) is 0.798. The van der Waals surface area contributed by atoms with E-state index in [1.807, 2.05) is 0 Å². The topological polar surface area (TPSA) is 55.1 Å². The number of carbonyl (C=O) groups is 1. The van der Waals surface area contributed by atoms with Crippen molar-refractivity contribution < 1.29 is 23.1 Å². The van der Waals surface area contributed by atoms with Gasteiger partial charge in [0.2, 0.25) is 0 Å². The molecule has 0 amide bonds. The molecule has 0 spiro atoms. The van der Waals surface area contributed by atoms with Gasteiger partial charge in [-0.2, -0.15) is 18.3 Å². The Morgan fingerprint density at radius 3 is 2.61 bits per heavy atom. The van der Waals surface area contributed by atoms with Gasteiger partial charge in [-0.15, -0.1) is 0 Å². The number of rotatable bonds is 3. The predicted octanol–water partition coefficient (Wildman–Crippen LogP) is 3.80. The van der Waals surface area contributed by atoms with Crippen molar-refractivity contribution in [1.29, 1.82) is 0 Å². The minimum atomic E-state index is -4.43. The molecule has 0 saturated carbocycles. The van der Waals surface area contributed by atoms with E-state index in [2.05, 4.69) is 5.10 Å². The van der Waals surface area contributed by atoms with E-state index in [9.17, 15) is 18.0 Å². The zero-order valence-corrected chi connectivity index (χ0v) is 11.7. The molecule has 0 atom stereocenters. The number of benzene rings is 2. The average Bonchev–Trinajstić information content (AvgIpc) is 2.87. The van der Waals surface area contributed by atoms with Crippen LogP contribution in [0.3, 0.4) is 0 Å². The van der Waals surface area contributed by atoms with E-state index in [0.29, 0.717) is 10.9 Å². The van der Waals surface area contributed by atoms with Gasteiger partial charge >= 0.3 is 12.1 Å². The smallest absolute Gasteiger partial charge is 0.416 e. The van der Waals surface area contributed by atoms with Crippen LogP contribution >= 0.6 is 0 Å². The fourth-order valence-electron chi connectivity index (χ4n) is 2.40. The Bertz CT molecular complexity index is 884. The summed E-state index contributed by atoms with van der Waals surface area (Å²) in [5.41, 5.74) is 0.0317. The van der Waals surface area contributed by atoms with Gasteiger partial charge in [-0.1, -0.05) is 18.2 Å². The summed E-state index contributed by atoms with van der Waals surface area (Å²) in [5, 5.41) is 13.7. The average molecular weight is 320 g/mol. The summed E-state index contributed by atoms with van der Waals surface area (Å²) in [6.07, 6.45) is -2.89. The van der Waals surface area contributed by atoms with Crippen LogP contribution in [0.15, 0.2) is 48.7 Å². The number of nitrogens with zero attached hydrogens (tertiary/aromatic N) is 2. The molecule has 23 heavy (non-hydrogen) atoms. The van der Waals surface area contributed by atoms with Gasteiger partial charge in [-0.3, -0.25) is 4.68 Å². The molecule has 1 heterocycles. The Kier molecular flexibility index (Phi) is 3.55. The van der Waals surface area contributed by atoms with Crippen molar-refractivity contribution in [2.75, 3.05) is 0 Å². The molecule has 1 aromatic heterocycles. The summed E-state index contributed by atoms with van der Waals surface area (Å²) in [6, 6.07) is 9.69. The third-order valence-corrected chi connectivity index (χ3v) is 3.45. The van der Waals surface area contributed by atoms with Gasteiger partial charge in [-0.05, 0) is 29.8 Å². The first-order valence-corrected chi connectivity index (χ1v) is 6.70. The lowest BCUT2D eigenvalue weighted by atomic mass is 10.1. The normalized spacial score (nSPS) is 11.8. The molecule has 0 fully saturated rings. The van der Waals surface area contributed by atoms with E-state index in [0.717, 1.165) is 6.07 Å². The Hall–Kier alpha value is -2.83. The highest BCUT2D eigenvalue weighted by molar-refractivity contribution is 5.93. The molecule has 7 heteroatoms. The largest absolute Gasteiger partial charge is 0.478 e. The van der Waals surface area contributed by atoms with Crippen LogP contribution in [0, 0.1) is 0 Å². The monoisotopic (exact) mass is 320 g/mol. The molecular weight excluding hydrogens is 309 g/mol. The third-order valence-electron chi connectivity index (χ3n) is 3.45. The number of hydrogen-bond acceptors (Lipinski definition) is 2. The maximum Gasteiger partial charge on any atom is 0.416 e. The maximum atomic E-state index is 13.0. The van der Waals surface area contributed by atoms with Crippen molar-refractivity contribution in [3.63, 3.8) is 0 Å². The molecule has 3 aromatic rings. The number of alkyl halides is 3. The minimum absolute atomic E-state index is 0.0488. The van der Waals surface area contributed by atoms with Crippen LogP contribution in [-0.4, -0.2) is 20.9 Å². The molecule has 0 bridgehead atoms. The minimum Gasteiger partial charge on any atom is -0.478 e. The number of carboxylic acids is 1. The second-order valence-corrected chi connectivity index (χ2v) is 5.06. The van der Waals surface area contributed by atoms with Crippen LogP contribution in [0.2, 0.25) is 0 Å². The van der Waals surface area contributed by atoms with Crippen LogP contribution in [0.4, 0.5) is 13.2 Å². The molecule has 2 aromatic carbocycles. The van der Waals surface area contributed by atoms with E-state index in [1.165, 1.54) is 47.3 Å². The van der Waals surface area contributed by atoms with Gasteiger partial charge in [0.1, 0.15) is 0 Å². The van der Waals surface area contributed by atoms with Gasteiger partial charge in [0.15, 0.2) is 0 Å². The molecule has 1 N–H and O–H groups in total. The van der Waals surface area contributed by atoms with Gasteiger partial charge in [0, 0.05) is 11.6 Å². The van der Waals surface area contributed by atoms with Crippen LogP contribution in [0.1, 0.15) is 21.5 Å². The van der Waals surface area contributed by atoms with Crippen molar-refractivity contribution in [2.45, 2.75) is 12.7 Å². The lowest BCUT2D eigenvalue weighted by Crippen LogP contribution is -2.11. The van der Waals surface area contributed by atoms with E-state index < -0.39 is 17.7 Å². The summed E-state index contributed by atoms with van der Waals surface area (Å²) in [6.45, 7) is -0.0488. The zero-order valence-electron chi connectivity index (χ0n) is 11.7. The molecule has 118 valence electrons. The Labute approximate surface area is 128 Å². The van der Waals surface area contributed by atoms with Crippen molar-refractivity contribution in [3.05, 3.63) is 65.4 Å². The third kappa shape index (κ3) is 3.03. The van der Waals surface area contributed by atoms with E-state index in [-0.39, 0.29) is 17.7 Å². The van der Waals surface area contributed by atoms with Crippen molar-refractivity contribution in [1.82, 2.24) is 9.78 Å². The molecule has 0 aliphatic heterocycles. The van der Waals surface area contributed by atoms with Gasteiger partial charge in [-0.25, -0.2) is 4.79 Å². The van der Waals surface area contributed by atoms with Crippen molar-refractivity contribution >= 4 is 16.9 Å². The lowest BCUT2D eigenvalue weighted by molar-refractivity contribution is -0.138. The number of hydrogen-bond donors (Lipinski definition) is 1. The van der Waals surface area contributed by atoms with Crippen LogP contribution < -0.4 is 0 Å². The van der Waals surface area contributed by atoms with Crippen LogP contribution in [-0.2, 0) is 12.7 Å². The molecular formula is C16H11F3N2O2. The Balaban J connectivity index is 1.98. The predicted molar refractivity (Wildman–Crippen MR) is 77.2 cm³/mol. The summed E-state index contributed by atoms with van der Waals surface area (Å²) in [7, 11) is 0. The standard InChI is InChI=1S/C16H11F3N2O2/c17-16(18,19)13-4-2-1-3-11(13)8-21-9-12-7-10(15(22)23)5-6-14(12)20-21/h1-7,9H,8H2,(H,22,23). The molecule has 0 unspecified atom stereocenters. The van der Waals surface area contributed by atoms with Gasteiger partial charge in [0.25, 0.3) is 0 Å². The first-order valence-electron chi connectivity index (χ1n) is 6.70. The van der Waals surface area contributed by atoms with Gasteiger partial charge in [0.05, 0.1) is 23.2 Å². The lowest BCUT2D eigenvalue weighted by Gasteiger charge is -2.12. The summed E-state index contributed by atoms with van der Waals surface area (Å²) < 4.78 is 40.4. The first kappa shape index (κ1) is 15.1. The SMILES string of the molecule is O=C(O)c1ccc2nn(Cc3ccccc3C(F)(F)F)cc2c1. The van der Waals surface area contributed by atoms with E-state index >= 15 is 0 Å². The molecule has 0 radical (unpaired) electrons. The van der Waals surface area contributed by atoms with Crippen molar-refractivity contribution in [3.8, 4) is 0 Å². The Morgan fingerprint density at radius 1 is 1.17 bits per heavy atom. The molecule has 0 aliphatic rings. The second kappa shape index (κ2) is 5.42. The molecule has 0 aliphatic carbocycles. The van der Waals surface area contributed by atoms with E-state index in [1.54, 1.807) is 0 Å². The van der Waals surface area contributed by atoms with Gasteiger partial charge < -0.3 is 5.11 Å². The van der Waals surface area contributed by atoms with E-state index in [4.69, 9.17) is 5.11 Å². The first-order chi connectivity index (χ1) is 10.8. The number of aromatic carboxylic acids is 1. The highest BCUT2D eigenvalue weighted by Gasteiger charge is 2.32. The Morgan fingerprint density at radius 2 is 1.91 bits per heavy atom. The summed E-state index contributed by atoms with van der Waals surface area (Å²) >= 11 is 0. The fraction of sp³-hybridized carbons (Fsp3) is 0.125. The molecule has 0 saturated heterocycles. The van der Waals surface area contributed by atoms with Crippen LogP contribution in [0.25, 0.3) is 10.9 Å².